The van der Waals surface area contributed by atoms with E-state index >= 15 is 0 Å². The van der Waals surface area contributed by atoms with E-state index in [9.17, 15) is 9.18 Å². The summed E-state index contributed by atoms with van der Waals surface area (Å²) in [6, 6.07) is 20.0. The van der Waals surface area contributed by atoms with Crippen LogP contribution in [0.15, 0.2) is 79.4 Å². The summed E-state index contributed by atoms with van der Waals surface area (Å²) in [5.41, 5.74) is 3.19. The molecule has 4 rings (SSSR count). The molecule has 0 aliphatic heterocycles. The van der Waals surface area contributed by atoms with Gasteiger partial charge in [-0.25, -0.2) is 9.37 Å². The first-order chi connectivity index (χ1) is 18.1. The molecule has 0 radical (unpaired) electrons. The average Bonchev–Trinajstić information content (AvgIpc) is 3.27. The summed E-state index contributed by atoms with van der Waals surface area (Å²) in [4.78, 5) is 17.1. The molecule has 192 valence electrons. The number of amides is 1. The van der Waals surface area contributed by atoms with E-state index in [1.807, 2.05) is 42.5 Å². The molecule has 0 saturated carbocycles. The van der Waals surface area contributed by atoms with Gasteiger partial charge in [0.15, 0.2) is 11.5 Å². The Morgan fingerprint density at radius 1 is 1.08 bits per heavy atom. The van der Waals surface area contributed by atoms with Crippen LogP contribution in [0, 0.1) is 5.82 Å². The summed E-state index contributed by atoms with van der Waals surface area (Å²) >= 11 is 0. The molecule has 0 bridgehead atoms. The van der Waals surface area contributed by atoms with Crippen LogP contribution < -0.4 is 14.8 Å². The number of benzene rings is 3. The van der Waals surface area contributed by atoms with Gasteiger partial charge in [-0.2, -0.15) is 0 Å². The third-order valence-corrected chi connectivity index (χ3v) is 6.11. The van der Waals surface area contributed by atoms with Gasteiger partial charge in [0.1, 0.15) is 11.6 Å². The maximum absolute atomic E-state index is 13.8. The molecule has 0 atom stereocenters. The molecule has 3 aromatic carbocycles. The number of nitrogens with zero attached hydrogens (tertiary/aromatic N) is 2. The maximum Gasteiger partial charge on any atom is 0.254 e. The number of hydrogen-bond acceptors (Lipinski definition) is 4. The number of aromatic nitrogens is 2. The van der Waals surface area contributed by atoms with Crippen LogP contribution in [-0.2, 0) is 19.4 Å². The van der Waals surface area contributed by atoms with Crippen molar-refractivity contribution in [2.45, 2.75) is 32.2 Å². The summed E-state index contributed by atoms with van der Waals surface area (Å²) in [6.07, 6.45) is 4.80. The summed E-state index contributed by atoms with van der Waals surface area (Å²) in [5.74, 6) is 1.46. The lowest BCUT2D eigenvalue weighted by Gasteiger charge is -2.13. The molecule has 0 saturated heterocycles. The second-order valence-electron chi connectivity index (χ2n) is 8.69. The van der Waals surface area contributed by atoms with Crippen molar-refractivity contribution in [1.29, 1.82) is 0 Å². The Balaban J connectivity index is 1.34. The van der Waals surface area contributed by atoms with E-state index in [0.29, 0.717) is 31.7 Å². The summed E-state index contributed by atoms with van der Waals surface area (Å²) in [6.45, 7) is 5.49. The quantitative estimate of drug-likeness (QED) is 0.187. The standard InChI is InChI=1S/C30H32FN3O3/c1-3-10-22-16-17-27(28(21-22)36-2)37-20-9-19-34-26-14-7-6-13-25(26)33-29(34)15-8-18-32-30(35)23-11-4-5-12-24(23)31/h3-7,11-14,16-17,21H,1,8-10,15,18-20H2,2H3,(H,32,35). The van der Waals surface area contributed by atoms with Gasteiger partial charge in [0.25, 0.3) is 5.91 Å². The number of rotatable bonds is 13. The first-order valence-corrected chi connectivity index (χ1v) is 12.5. The van der Waals surface area contributed by atoms with Gasteiger partial charge in [-0.1, -0.05) is 36.4 Å². The Morgan fingerprint density at radius 3 is 2.70 bits per heavy atom. The molecule has 1 heterocycles. The third kappa shape index (κ3) is 6.55. The Hall–Kier alpha value is -4.13. The molecule has 0 aliphatic rings. The molecular weight excluding hydrogens is 469 g/mol. The number of halogens is 1. The van der Waals surface area contributed by atoms with Crippen molar-refractivity contribution < 1.29 is 18.7 Å². The third-order valence-electron chi connectivity index (χ3n) is 6.11. The van der Waals surface area contributed by atoms with E-state index in [-0.39, 0.29) is 5.56 Å². The summed E-state index contributed by atoms with van der Waals surface area (Å²) in [7, 11) is 1.64. The van der Waals surface area contributed by atoms with Gasteiger partial charge in [0, 0.05) is 19.5 Å². The van der Waals surface area contributed by atoms with Crippen molar-refractivity contribution in [3.63, 3.8) is 0 Å². The second-order valence-corrected chi connectivity index (χ2v) is 8.69. The minimum atomic E-state index is -0.519. The highest BCUT2D eigenvalue weighted by molar-refractivity contribution is 5.94. The normalized spacial score (nSPS) is 10.9. The van der Waals surface area contributed by atoms with Gasteiger partial charge < -0.3 is 19.4 Å². The minimum Gasteiger partial charge on any atom is -0.493 e. The predicted molar refractivity (Wildman–Crippen MR) is 144 cm³/mol. The summed E-state index contributed by atoms with van der Waals surface area (Å²) < 4.78 is 27.6. The molecule has 0 aliphatic carbocycles. The van der Waals surface area contributed by atoms with Crippen LogP contribution in [0.25, 0.3) is 11.0 Å². The number of carbonyl (C=O) groups is 1. The molecule has 7 heteroatoms. The zero-order chi connectivity index (χ0) is 26.0. The number of hydrogen-bond donors (Lipinski definition) is 1. The van der Waals surface area contributed by atoms with Gasteiger partial charge >= 0.3 is 0 Å². The summed E-state index contributed by atoms with van der Waals surface area (Å²) in [5, 5.41) is 2.80. The molecule has 1 N–H and O–H groups in total. The van der Waals surface area contributed by atoms with Crippen molar-refractivity contribution in [1.82, 2.24) is 14.9 Å². The van der Waals surface area contributed by atoms with Crippen LogP contribution in [0.2, 0.25) is 0 Å². The number of methoxy groups -OCH3 is 1. The van der Waals surface area contributed by atoms with Gasteiger partial charge in [-0.3, -0.25) is 4.79 Å². The first-order valence-electron chi connectivity index (χ1n) is 12.5. The fraction of sp³-hybridized carbons (Fsp3) is 0.267. The van der Waals surface area contributed by atoms with Crippen molar-refractivity contribution in [2.75, 3.05) is 20.3 Å². The van der Waals surface area contributed by atoms with E-state index in [0.717, 1.165) is 47.6 Å². The molecule has 0 fully saturated rings. The van der Waals surface area contributed by atoms with Crippen LogP contribution in [0.1, 0.15) is 34.6 Å². The Kier molecular flexibility index (Phi) is 8.92. The molecule has 6 nitrogen and oxygen atoms in total. The van der Waals surface area contributed by atoms with Gasteiger partial charge in [-0.15, -0.1) is 6.58 Å². The molecule has 1 amide bonds. The van der Waals surface area contributed by atoms with Crippen LogP contribution in [-0.4, -0.2) is 35.7 Å². The molecule has 1 aromatic heterocycles. The number of fused-ring (bicyclic) bond motifs is 1. The number of imidazole rings is 1. The second kappa shape index (κ2) is 12.7. The minimum absolute atomic E-state index is 0.0571. The fourth-order valence-electron chi connectivity index (χ4n) is 4.28. The predicted octanol–water partition coefficient (Wildman–Crippen LogP) is 5.74. The lowest BCUT2D eigenvalue weighted by Crippen LogP contribution is -2.25. The highest BCUT2D eigenvalue weighted by Gasteiger charge is 2.13. The SMILES string of the molecule is C=CCc1ccc(OCCCn2c(CCCNC(=O)c3ccccc3F)nc3ccccc32)c(OC)c1. The lowest BCUT2D eigenvalue weighted by atomic mass is 10.1. The van der Waals surface area contributed by atoms with E-state index in [2.05, 4.69) is 22.5 Å². The van der Waals surface area contributed by atoms with Crippen molar-refractivity contribution in [3.05, 3.63) is 102 Å². The number of para-hydroxylation sites is 2. The Bertz CT molecular complexity index is 1370. The van der Waals surface area contributed by atoms with Crippen molar-refractivity contribution in [3.8, 4) is 11.5 Å². The smallest absolute Gasteiger partial charge is 0.254 e. The van der Waals surface area contributed by atoms with Crippen LogP contribution in [0.5, 0.6) is 11.5 Å². The van der Waals surface area contributed by atoms with Gasteiger partial charge in [0.05, 0.1) is 30.3 Å². The first kappa shape index (κ1) is 25.9. The van der Waals surface area contributed by atoms with Gasteiger partial charge in [-0.05, 0) is 61.2 Å². The monoisotopic (exact) mass is 501 g/mol. The Morgan fingerprint density at radius 2 is 1.89 bits per heavy atom. The van der Waals surface area contributed by atoms with Gasteiger partial charge in [0.2, 0.25) is 0 Å². The maximum atomic E-state index is 13.8. The lowest BCUT2D eigenvalue weighted by molar-refractivity contribution is 0.0949. The molecule has 4 aromatic rings. The topological polar surface area (TPSA) is 65.4 Å². The molecule has 0 spiro atoms. The molecular formula is C30H32FN3O3. The number of carbonyl (C=O) groups excluding carboxylic acids is 1. The molecule has 37 heavy (non-hydrogen) atoms. The fourth-order valence-corrected chi connectivity index (χ4v) is 4.28. The number of allylic oxidation sites excluding steroid dienone is 1. The zero-order valence-electron chi connectivity index (χ0n) is 21.1. The van der Waals surface area contributed by atoms with Crippen molar-refractivity contribution in [2.24, 2.45) is 0 Å². The van der Waals surface area contributed by atoms with Crippen LogP contribution in [0.3, 0.4) is 0 Å². The van der Waals surface area contributed by atoms with E-state index in [1.54, 1.807) is 19.2 Å². The average molecular weight is 502 g/mol. The number of ether oxygens (including phenoxy) is 2. The zero-order valence-corrected chi connectivity index (χ0v) is 21.1. The highest BCUT2D eigenvalue weighted by Crippen LogP contribution is 2.28. The Labute approximate surface area is 216 Å². The largest absolute Gasteiger partial charge is 0.493 e. The van der Waals surface area contributed by atoms with Crippen LogP contribution in [0.4, 0.5) is 4.39 Å². The van der Waals surface area contributed by atoms with Crippen LogP contribution >= 0.6 is 0 Å². The van der Waals surface area contributed by atoms with E-state index in [4.69, 9.17) is 14.5 Å². The number of aryl methyl sites for hydroxylation is 2. The number of nitrogens with one attached hydrogen (secondary N) is 1. The van der Waals surface area contributed by atoms with E-state index in [1.165, 1.54) is 12.1 Å². The molecule has 0 unspecified atom stereocenters. The van der Waals surface area contributed by atoms with E-state index < -0.39 is 11.7 Å². The van der Waals surface area contributed by atoms with Crippen molar-refractivity contribution >= 4 is 16.9 Å². The highest BCUT2D eigenvalue weighted by atomic mass is 19.1.